The molecular formula is C15H12N2O4S. The Labute approximate surface area is 127 Å². The first-order chi connectivity index (χ1) is 10.4. The number of rotatable bonds is 4. The van der Waals surface area contributed by atoms with E-state index in [1.54, 1.807) is 12.1 Å². The molecule has 0 N–H and O–H groups in total. The molecule has 22 heavy (non-hydrogen) atoms. The van der Waals surface area contributed by atoms with Crippen molar-refractivity contribution in [3.63, 3.8) is 0 Å². The Morgan fingerprint density at radius 2 is 1.64 bits per heavy atom. The molecule has 0 fully saturated rings. The lowest BCUT2D eigenvalue weighted by Crippen LogP contribution is -2.10. The summed E-state index contributed by atoms with van der Waals surface area (Å²) in [6.07, 6.45) is 0. The molecule has 1 unspecified atom stereocenters. The van der Waals surface area contributed by atoms with Crippen molar-refractivity contribution in [2.45, 2.75) is 17.2 Å². The summed E-state index contributed by atoms with van der Waals surface area (Å²) in [6, 6.07) is 11.2. The van der Waals surface area contributed by atoms with Gasteiger partial charge in [0.1, 0.15) is 0 Å². The first-order valence-corrected chi connectivity index (χ1v) is 7.82. The van der Waals surface area contributed by atoms with E-state index in [4.69, 9.17) is 6.57 Å². The van der Waals surface area contributed by atoms with Gasteiger partial charge in [0.15, 0.2) is 0 Å². The predicted octanol–water partition coefficient (Wildman–Crippen LogP) is 3.30. The maximum atomic E-state index is 12.5. The molecule has 0 aliphatic rings. The number of aryl methyl sites for hydroxylation is 1. The van der Waals surface area contributed by atoms with Gasteiger partial charge < -0.3 is 0 Å². The van der Waals surface area contributed by atoms with E-state index in [2.05, 4.69) is 4.85 Å². The second-order valence-corrected chi connectivity index (χ2v) is 6.70. The van der Waals surface area contributed by atoms with Gasteiger partial charge in [-0.15, -0.1) is 0 Å². The minimum Gasteiger partial charge on any atom is -0.291 e. The molecule has 0 aromatic heterocycles. The van der Waals surface area contributed by atoms with E-state index in [0.717, 1.165) is 5.56 Å². The van der Waals surface area contributed by atoms with Crippen molar-refractivity contribution in [2.24, 2.45) is 0 Å². The van der Waals surface area contributed by atoms with Gasteiger partial charge in [-0.2, -0.15) is 0 Å². The zero-order valence-corrected chi connectivity index (χ0v) is 12.4. The van der Waals surface area contributed by atoms with Gasteiger partial charge >= 0.3 is 5.37 Å². The summed E-state index contributed by atoms with van der Waals surface area (Å²) in [5, 5.41) is 9.21. The second kappa shape index (κ2) is 5.95. The van der Waals surface area contributed by atoms with Crippen molar-refractivity contribution in [2.75, 3.05) is 0 Å². The van der Waals surface area contributed by atoms with Crippen LogP contribution in [0.1, 0.15) is 16.5 Å². The van der Waals surface area contributed by atoms with Gasteiger partial charge in [0, 0.05) is 12.1 Å². The Bertz CT molecular complexity index is 835. The summed E-state index contributed by atoms with van der Waals surface area (Å²) in [5.41, 5.74) is 0.968. The third kappa shape index (κ3) is 2.97. The molecule has 0 radical (unpaired) electrons. The highest BCUT2D eigenvalue weighted by Crippen LogP contribution is 2.31. The van der Waals surface area contributed by atoms with Crippen molar-refractivity contribution in [1.29, 1.82) is 0 Å². The van der Waals surface area contributed by atoms with Gasteiger partial charge in [-0.05, 0) is 31.2 Å². The largest absolute Gasteiger partial charge is 0.350 e. The Morgan fingerprint density at radius 3 is 2.09 bits per heavy atom. The number of nitro benzene ring substituents is 1. The third-order valence-corrected chi connectivity index (χ3v) is 5.04. The molecule has 0 aliphatic carbocycles. The Balaban J connectivity index is 2.45. The SMILES string of the molecule is [C-]#[N+]C(c1ccc([N+](=O)[O-])cc1)S(=O)(=O)c1ccc(C)cc1. The lowest BCUT2D eigenvalue weighted by atomic mass is 10.2. The summed E-state index contributed by atoms with van der Waals surface area (Å²) >= 11 is 0. The molecule has 6 nitrogen and oxygen atoms in total. The van der Waals surface area contributed by atoms with E-state index >= 15 is 0 Å². The Hall–Kier alpha value is -2.72. The van der Waals surface area contributed by atoms with Crippen LogP contribution >= 0.6 is 0 Å². The molecule has 0 heterocycles. The van der Waals surface area contributed by atoms with Gasteiger partial charge in [0.05, 0.1) is 15.4 Å². The fourth-order valence-electron chi connectivity index (χ4n) is 1.94. The average molecular weight is 316 g/mol. The summed E-state index contributed by atoms with van der Waals surface area (Å²) < 4.78 is 25.1. The number of hydrogen-bond donors (Lipinski definition) is 0. The monoisotopic (exact) mass is 316 g/mol. The molecule has 7 heteroatoms. The maximum absolute atomic E-state index is 12.5. The smallest absolute Gasteiger partial charge is 0.291 e. The fraction of sp³-hybridized carbons (Fsp3) is 0.133. The highest BCUT2D eigenvalue weighted by molar-refractivity contribution is 7.91. The van der Waals surface area contributed by atoms with Crippen LogP contribution < -0.4 is 0 Å². The fourth-order valence-corrected chi connectivity index (χ4v) is 3.37. The van der Waals surface area contributed by atoms with Crippen LogP contribution in [-0.4, -0.2) is 13.3 Å². The molecular weight excluding hydrogens is 304 g/mol. The zero-order chi connectivity index (χ0) is 16.3. The van der Waals surface area contributed by atoms with Gasteiger partial charge in [-0.3, -0.25) is 15.0 Å². The third-order valence-electron chi connectivity index (χ3n) is 3.15. The molecule has 0 bridgehead atoms. The van der Waals surface area contributed by atoms with Gasteiger partial charge in [-0.25, -0.2) is 15.0 Å². The number of nitro groups is 1. The van der Waals surface area contributed by atoms with Crippen LogP contribution in [0.5, 0.6) is 0 Å². The molecule has 0 amide bonds. The van der Waals surface area contributed by atoms with Gasteiger partial charge in [0.25, 0.3) is 15.5 Å². The van der Waals surface area contributed by atoms with Crippen molar-refractivity contribution < 1.29 is 13.3 Å². The molecule has 0 aliphatic heterocycles. The predicted molar refractivity (Wildman–Crippen MR) is 80.8 cm³/mol. The minimum atomic E-state index is -3.88. The Morgan fingerprint density at radius 1 is 1.09 bits per heavy atom. The summed E-state index contributed by atoms with van der Waals surface area (Å²) in [4.78, 5) is 13.3. The van der Waals surface area contributed by atoms with Gasteiger partial charge in [-0.1, -0.05) is 17.7 Å². The summed E-state index contributed by atoms with van der Waals surface area (Å²) in [7, 11) is -3.88. The lowest BCUT2D eigenvalue weighted by Gasteiger charge is -2.08. The molecule has 2 aromatic rings. The number of non-ortho nitro benzene ring substituents is 1. The van der Waals surface area contributed by atoms with Crippen molar-refractivity contribution in [1.82, 2.24) is 0 Å². The molecule has 2 aromatic carbocycles. The average Bonchev–Trinajstić information content (AvgIpc) is 2.48. The molecule has 0 spiro atoms. The van der Waals surface area contributed by atoms with E-state index in [1.807, 2.05) is 6.92 Å². The molecule has 1 atom stereocenters. The maximum Gasteiger partial charge on any atom is 0.350 e. The van der Waals surface area contributed by atoms with Crippen LogP contribution in [0.2, 0.25) is 0 Å². The first kappa shape index (κ1) is 15.7. The van der Waals surface area contributed by atoms with Crippen molar-refractivity contribution >= 4 is 15.5 Å². The molecule has 2 rings (SSSR count). The first-order valence-electron chi connectivity index (χ1n) is 6.28. The Kier molecular flexibility index (Phi) is 4.24. The van der Waals surface area contributed by atoms with Crippen LogP contribution in [0.15, 0.2) is 53.4 Å². The standard InChI is InChI=1S/C15H12N2O4S/c1-11-3-9-14(10-4-11)22(20,21)15(16-2)12-5-7-13(8-6-12)17(18)19/h3-10,15H,1H3. The van der Waals surface area contributed by atoms with E-state index < -0.39 is 20.1 Å². The van der Waals surface area contributed by atoms with Gasteiger partial charge in [0.2, 0.25) is 0 Å². The number of benzene rings is 2. The number of hydrogen-bond acceptors (Lipinski definition) is 4. The molecule has 0 saturated carbocycles. The van der Waals surface area contributed by atoms with Crippen LogP contribution in [-0.2, 0) is 9.84 Å². The zero-order valence-electron chi connectivity index (χ0n) is 11.6. The molecule has 112 valence electrons. The van der Waals surface area contributed by atoms with E-state index in [9.17, 15) is 18.5 Å². The van der Waals surface area contributed by atoms with E-state index in [1.165, 1.54) is 36.4 Å². The van der Waals surface area contributed by atoms with Crippen LogP contribution in [0.4, 0.5) is 5.69 Å². The van der Waals surface area contributed by atoms with Crippen LogP contribution in [0, 0.1) is 23.6 Å². The van der Waals surface area contributed by atoms with Crippen molar-refractivity contribution in [3.8, 4) is 0 Å². The lowest BCUT2D eigenvalue weighted by molar-refractivity contribution is -0.384. The highest BCUT2D eigenvalue weighted by Gasteiger charge is 2.34. The van der Waals surface area contributed by atoms with E-state index in [-0.39, 0.29) is 16.1 Å². The number of sulfone groups is 1. The van der Waals surface area contributed by atoms with Crippen LogP contribution in [0.3, 0.4) is 0 Å². The van der Waals surface area contributed by atoms with E-state index in [0.29, 0.717) is 0 Å². The van der Waals surface area contributed by atoms with Crippen LogP contribution in [0.25, 0.3) is 4.85 Å². The quantitative estimate of drug-likeness (QED) is 0.492. The highest BCUT2D eigenvalue weighted by atomic mass is 32.2. The second-order valence-electron chi connectivity index (χ2n) is 4.69. The van der Waals surface area contributed by atoms with Crippen molar-refractivity contribution in [3.05, 3.63) is 81.2 Å². The number of nitrogens with zero attached hydrogens (tertiary/aromatic N) is 2. The normalized spacial score (nSPS) is 12.4. The minimum absolute atomic E-state index is 0.0532. The molecule has 0 saturated heterocycles. The summed E-state index contributed by atoms with van der Waals surface area (Å²) in [5.74, 6) is 0. The topological polar surface area (TPSA) is 81.6 Å². The summed E-state index contributed by atoms with van der Waals surface area (Å²) in [6.45, 7) is 9.03.